The van der Waals surface area contributed by atoms with Gasteiger partial charge in [-0.25, -0.2) is 4.79 Å². The Balaban J connectivity index is 1.57. The van der Waals surface area contributed by atoms with Crippen molar-refractivity contribution in [3.05, 3.63) is 102 Å². The van der Waals surface area contributed by atoms with E-state index < -0.39 is 5.97 Å². The standard InChI is InChI=1S/C28H24O4/c1-3-31-25-14-7-6-13-24(25)28(29)32-26-18-16-20(19-27(26)30-2)15-17-22-11-8-10-21-9-4-5-12-23(21)22/h4-19H,3H2,1-2H3/b17-15+. The molecule has 32 heavy (non-hydrogen) atoms. The van der Waals surface area contributed by atoms with E-state index in [2.05, 4.69) is 30.3 Å². The van der Waals surface area contributed by atoms with Gasteiger partial charge < -0.3 is 14.2 Å². The lowest BCUT2D eigenvalue weighted by Gasteiger charge is -2.12. The van der Waals surface area contributed by atoms with Gasteiger partial charge in [0.25, 0.3) is 0 Å². The summed E-state index contributed by atoms with van der Waals surface area (Å²) in [6, 6.07) is 27.0. The maximum Gasteiger partial charge on any atom is 0.347 e. The predicted octanol–water partition coefficient (Wildman–Crippen LogP) is 6.64. The van der Waals surface area contributed by atoms with E-state index in [1.54, 1.807) is 31.4 Å². The molecule has 4 nitrogen and oxygen atoms in total. The third-order valence-electron chi connectivity index (χ3n) is 5.08. The molecule has 0 radical (unpaired) electrons. The summed E-state index contributed by atoms with van der Waals surface area (Å²) in [5.74, 6) is 0.832. The van der Waals surface area contributed by atoms with Gasteiger partial charge in [-0.15, -0.1) is 0 Å². The summed E-state index contributed by atoms with van der Waals surface area (Å²) in [7, 11) is 1.55. The Bertz CT molecular complexity index is 1270. The molecular formula is C28H24O4. The number of rotatable bonds is 7. The number of benzene rings is 4. The van der Waals surface area contributed by atoms with E-state index in [4.69, 9.17) is 14.2 Å². The smallest absolute Gasteiger partial charge is 0.347 e. The zero-order valence-electron chi connectivity index (χ0n) is 18.1. The van der Waals surface area contributed by atoms with Crippen molar-refractivity contribution in [1.82, 2.24) is 0 Å². The van der Waals surface area contributed by atoms with Crippen LogP contribution in [-0.2, 0) is 0 Å². The Morgan fingerprint density at radius 1 is 0.812 bits per heavy atom. The van der Waals surface area contributed by atoms with Gasteiger partial charge in [-0.3, -0.25) is 0 Å². The first-order valence-electron chi connectivity index (χ1n) is 10.5. The molecule has 4 heteroatoms. The molecule has 0 aliphatic rings. The molecule has 0 spiro atoms. The molecule has 0 fully saturated rings. The summed E-state index contributed by atoms with van der Waals surface area (Å²) >= 11 is 0. The fourth-order valence-corrected chi connectivity index (χ4v) is 3.53. The lowest BCUT2D eigenvalue weighted by Crippen LogP contribution is -2.11. The van der Waals surface area contributed by atoms with E-state index in [9.17, 15) is 4.79 Å². The van der Waals surface area contributed by atoms with Crippen molar-refractivity contribution in [3.63, 3.8) is 0 Å². The third-order valence-corrected chi connectivity index (χ3v) is 5.08. The van der Waals surface area contributed by atoms with Crippen LogP contribution < -0.4 is 14.2 Å². The van der Waals surface area contributed by atoms with Crippen LogP contribution in [0.5, 0.6) is 17.2 Å². The number of fused-ring (bicyclic) bond motifs is 1. The van der Waals surface area contributed by atoms with Crippen molar-refractivity contribution >= 4 is 28.9 Å². The molecule has 4 aromatic rings. The van der Waals surface area contributed by atoms with Gasteiger partial charge >= 0.3 is 5.97 Å². The molecule has 0 heterocycles. The van der Waals surface area contributed by atoms with E-state index in [1.807, 2.05) is 49.4 Å². The van der Waals surface area contributed by atoms with E-state index in [0.717, 1.165) is 11.1 Å². The van der Waals surface area contributed by atoms with Crippen molar-refractivity contribution in [1.29, 1.82) is 0 Å². The molecule has 0 unspecified atom stereocenters. The predicted molar refractivity (Wildman–Crippen MR) is 128 cm³/mol. The number of ether oxygens (including phenoxy) is 3. The molecule has 4 aromatic carbocycles. The minimum atomic E-state index is -0.494. The van der Waals surface area contributed by atoms with Gasteiger partial charge in [-0.05, 0) is 53.1 Å². The molecular weight excluding hydrogens is 400 g/mol. The fourth-order valence-electron chi connectivity index (χ4n) is 3.53. The highest BCUT2D eigenvalue weighted by Gasteiger charge is 2.16. The van der Waals surface area contributed by atoms with Crippen molar-refractivity contribution in [2.75, 3.05) is 13.7 Å². The Morgan fingerprint density at radius 2 is 1.59 bits per heavy atom. The van der Waals surface area contributed by atoms with Crippen LogP contribution in [0.1, 0.15) is 28.4 Å². The Morgan fingerprint density at radius 3 is 2.44 bits per heavy atom. The van der Waals surface area contributed by atoms with Crippen LogP contribution >= 0.6 is 0 Å². The van der Waals surface area contributed by atoms with Gasteiger partial charge in [0, 0.05) is 0 Å². The zero-order valence-corrected chi connectivity index (χ0v) is 18.1. The monoisotopic (exact) mass is 424 g/mol. The van der Waals surface area contributed by atoms with Crippen LogP contribution in [0, 0.1) is 0 Å². The summed E-state index contributed by atoms with van der Waals surface area (Å²) in [6.07, 6.45) is 4.08. The SMILES string of the molecule is CCOc1ccccc1C(=O)Oc1ccc(/C=C/c2cccc3ccccc23)cc1OC. The average molecular weight is 424 g/mol. The highest BCUT2D eigenvalue weighted by atomic mass is 16.6. The van der Waals surface area contributed by atoms with Gasteiger partial charge in [0.1, 0.15) is 11.3 Å². The minimum absolute atomic E-state index is 0.353. The summed E-state index contributed by atoms with van der Waals surface area (Å²) in [4.78, 5) is 12.7. The Labute approximate surface area is 187 Å². The Hall–Kier alpha value is -4.05. The molecule has 0 aliphatic carbocycles. The third kappa shape index (κ3) is 4.65. The quantitative estimate of drug-likeness (QED) is 0.190. The highest BCUT2D eigenvalue weighted by Crippen LogP contribution is 2.31. The van der Waals surface area contributed by atoms with Crippen LogP contribution in [0.3, 0.4) is 0 Å². The second-order valence-electron chi connectivity index (χ2n) is 7.13. The molecule has 0 bridgehead atoms. The zero-order chi connectivity index (χ0) is 22.3. The first-order chi connectivity index (χ1) is 15.7. The lowest BCUT2D eigenvalue weighted by atomic mass is 10.0. The maximum absolute atomic E-state index is 12.7. The average Bonchev–Trinajstić information content (AvgIpc) is 2.83. The molecule has 0 aliphatic heterocycles. The van der Waals surface area contributed by atoms with Crippen molar-refractivity contribution in [2.45, 2.75) is 6.92 Å². The molecule has 160 valence electrons. The second kappa shape index (κ2) is 9.84. The van der Waals surface area contributed by atoms with Gasteiger partial charge in [-0.1, -0.05) is 72.8 Å². The summed E-state index contributed by atoms with van der Waals surface area (Å²) in [5, 5.41) is 2.39. The largest absolute Gasteiger partial charge is 0.493 e. The molecule has 0 amide bonds. The van der Waals surface area contributed by atoms with Crippen molar-refractivity contribution < 1.29 is 19.0 Å². The topological polar surface area (TPSA) is 44.8 Å². The lowest BCUT2D eigenvalue weighted by molar-refractivity contribution is 0.0725. The number of para-hydroxylation sites is 1. The van der Waals surface area contributed by atoms with Gasteiger partial charge in [-0.2, -0.15) is 0 Å². The summed E-state index contributed by atoms with van der Waals surface area (Å²) in [5.41, 5.74) is 2.44. The molecule has 4 rings (SSSR count). The number of esters is 1. The second-order valence-corrected chi connectivity index (χ2v) is 7.13. The Kier molecular flexibility index (Phi) is 6.52. The number of carbonyl (C=O) groups excluding carboxylic acids is 1. The number of hydrogen-bond acceptors (Lipinski definition) is 4. The minimum Gasteiger partial charge on any atom is -0.493 e. The maximum atomic E-state index is 12.7. The van der Waals surface area contributed by atoms with Crippen molar-refractivity contribution in [2.24, 2.45) is 0 Å². The summed E-state index contributed by atoms with van der Waals surface area (Å²) < 4.78 is 16.6. The van der Waals surface area contributed by atoms with Crippen molar-refractivity contribution in [3.8, 4) is 17.2 Å². The molecule has 0 aromatic heterocycles. The normalized spacial score (nSPS) is 10.9. The fraction of sp³-hybridized carbons (Fsp3) is 0.107. The van der Waals surface area contributed by atoms with E-state index >= 15 is 0 Å². The first-order valence-corrected chi connectivity index (χ1v) is 10.5. The van der Waals surface area contributed by atoms with Gasteiger partial charge in [0.2, 0.25) is 0 Å². The van der Waals surface area contributed by atoms with Crippen LogP contribution in [0.2, 0.25) is 0 Å². The van der Waals surface area contributed by atoms with Crippen LogP contribution in [-0.4, -0.2) is 19.7 Å². The molecule has 0 N–H and O–H groups in total. The summed E-state index contributed by atoms with van der Waals surface area (Å²) in [6.45, 7) is 2.33. The van der Waals surface area contributed by atoms with Crippen LogP contribution in [0.15, 0.2) is 84.9 Å². The van der Waals surface area contributed by atoms with E-state index in [0.29, 0.717) is 29.4 Å². The van der Waals surface area contributed by atoms with E-state index in [1.165, 1.54) is 10.8 Å². The van der Waals surface area contributed by atoms with Gasteiger partial charge in [0.05, 0.1) is 13.7 Å². The highest BCUT2D eigenvalue weighted by molar-refractivity contribution is 5.95. The molecule has 0 saturated carbocycles. The molecule has 0 saturated heterocycles. The van der Waals surface area contributed by atoms with Crippen LogP contribution in [0.4, 0.5) is 0 Å². The first kappa shape index (κ1) is 21.2. The molecule has 0 atom stereocenters. The van der Waals surface area contributed by atoms with Crippen LogP contribution in [0.25, 0.3) is 22.9 Å². The number of hydrogen-bond donors (Lipinski definition) is 0. The number of methoxy groups -OCH3 is 1. The number of carbonyl (C=O) groups is 1. The van der Waals surface area contributed by atoms with E-state index in [-0.39, 0.29) is 0 Å². The van der Waals surface area contributed by atoms with Gasteiger partial charge in [0.15, 0.2) is 11.5 Å².